The van der Waals surface area contributed by atoms with Gasteiger partial charge in [0.05, 0.1) is 0 Å². The Hall–Kier alpha value is -1.44. The van der Waals surface area contributed by atoms with Crippen molar-refractivity contribution in [2.24, 2.45) is 0 Å². The van der Waals surface area contributed by atoms with Gasteiger partial charge >= 0.3 is 0 Å². The van der Waals surface area contributed by atoms with Crippen molar-refractivity contribution >= 4 is 11.4 Å². The van der Waals surface area contributed by atoms with Gasteiger partial charge in [0.1, 0.15) is 0 Å². The van der Waals surface area contributed by atoms with Crippen LogP contribution in [0.5, 0.6) is 0 Å². The van der Waals surface area contributed by atoms with Crippen molar-refractivity contribution < 1.29 is 0 Å². The number of nitrogens with one attached hydrogen (secondary N) is 2. The average molecular weight is 246 g/mol. The summed E-state index contributed by atoms with van der Waals surface area (Å²) in [6.45, 7) is 10.3. The van der Waals surface area contributed by atoms with E-state index in [0.717, 1.165) is 11.4 Å². The van der Waals surface area contributed by atoms with E-state index in [2.05, 4.69) is 55.3 Å². The molecule has 0 saturated heterocycles. The molecule has 0 saturated carbocycles. The SMILES string of the molecule is C=C(C)Nc1ccc(NC(CC)CCCC)cc1. The normalized spacial score (nSPS) is 11.9. The molecule has 2 heteroatoms. The number of anilines is 2. The van der Waals surface area contributed by atoms with Crippen molar-refractivity contribution in [2.45, 2.75) is 52.5 Å². The van der Waals surface area contributed by atoms with Crippen LogP contribution in [0, 0.1) is 0 Å². The molecule has 0 aromatic heterocycles. The van der Waals surface area contributed by atoms with Crippen LogP contribution in [0.1, 0.15) is 46.5 Å². The smallest absolute Gasteiger partial charge is 0.0383 e. The molecule has 0 radical (unpaired) electrons. The van der Waals surface area contributed by atoms with Gasteiger partial charge in [0.25, 0.3) is 0 Å². The molecule has 0 amide bonds. The van der Waals surface area contributed by atoms with Crippen LogP contribution in [-0.2, 0) is 0 Å². The lowest BCUT2D eigenvalue weighted by Crippen LogP contribution is -2.18. The standard InChI is InChI=1S/C16H26N2/c1-5-7-8-14(6-2)18-16-11-9-15(10-12-16)17-13(3)4/h9-12,14,17-18H,3,5-8H2,1-2,4H3. The third kappa shape index (κ3) is 5.26. The molecule has 0 aliphatic carbocycles. The van der Waals surface area contributed by atoms with Crippen LogP contribution in [0.2, 0.25) is 0 Å². The molecule has 18 heavy (non-hydrogen) atoms. The molecule has 1 rings (SSSR count). The third-order valence-electron chi connectivity index (χ3n) is 3.01. The largest absolute Gasteiger partial charge is 0.382 e. The molecule has 0 heterocycles. The van der Waals surface area contributed by atoms with Crippen molar-refractivity contribution in [1.82, 2.24) is 0 Å². The molecule has 0 bridgehead atoms. The minimum Gasteiger partial charge on any atom is -0.382 e. The number of rotatable bonds is 8. The van der Waals surface area contributed by atoms with Crippen molar-refractivity contribution in [3.05, 3.63) is 36.5 Å². The number of benzene rings is 1. The van der Waals surface area contributed by atoms with Gasteiger partial charge in [-0.2, -0.15) is 0 Å². The van der Waals surface area contributed by atoms with Crippen LogP contribution in [-0.4, -0.2) is 6.04 Å². The molecular formula is C16H26N2. The second-order valence-electron chi connectivity index (χ2n) is 4.87. The monoisotopic (exact) mass is 246 g/mol. The fourth-order valence-electron chi connectivity index (χ4n) is 1.96. The zero-order valence-corrected chi connectivity index (χ0v) is 11.9. The van der Waals surface area contributed by atoms with E-state index in [0.29, 0.717) is 6.04 Å². The summed E-state index contributed by atoms with van der Waals surface area (Å²) in [5.41, 5.74) is 3.25. The lowest BCUT2D eigenvalue weighted by atomic mass is 10.1. The Balaban J connectivity index is 2.53. The summed E-state index contributed by atoms with van der Waals surface area (Å²) in [4.78, 5) is 0. The first-order valence-electron chi connectivity index (χ1n) is 6.94. The van der Waals surface area contributed by atoms with E-state index in [4.69, 9.17) is 0 Å². The third-order valence-corrected chi connectivity index (χ3v) is 3.01. The molecule has 0 aliphatic heterocycles. The highest BCUT2D eigenvalue weighted by molar-refractivity contribution is 5.55. The van der Waals surface area contributed by atoms with Crippen LogP contribution in [0.15, 0.2) is 36.5 Å². The summed E-state index contributed by atoms with van der Waals surface area (Å²) in [5, 5.41) is 6.81. The molecular weight excluding hydrogens is 220 g/mol. The first-order chi connectivity index (χ1) is 8.65. The van der Waals surface area contributed by atoms with Crippen molar-refractivity contribution in [2.75, 3.05) is 10.6 Å². The van der Waals surface area contributed by atoms with Crippen molar-refractivity contribution in [3.63, 3.8) is 0 Å². The van der Waals surface area contributed by atoms with E-state index in [1.165, 1.54) is 31.4 Å². The van der Waals surface area contributed by atoms with Gasteiger partial charge in [-0.1, -0.05) is 33.3 Å². The quantitative estimate of drug-likeness (QED) is 0.673. The summed E-state index contributed by atoms with van der Waals surface area (Å²) < 4.78 is 0. The highest BCUT2D eigenvalue weighted by Gasteiger charge is 2.05. The number of allylic oxidation sites excluding steroid dienone is 1. The van der Waals surface area contributed by atoms with E-state index in [9.17, 15) is 0 Å². The van der Waals surface area contributed by atoms with E-state index < -0.39 is 0 Å². The van der Waals surface area contributed by atoms with Gasteiger partial charge in [0.2, 0.25) is 0 Å². The van der Waals surface area contributed by atoms with Crippen LogP contribution < -0.4 is 10.6 Å². The molecule has 100 valence electrons. The summed E-state index contributed by atoms with van der Waals surface area (Å²) in [7, 11) is 0. The van der Waals surface area contributed by atoms with Crippen LogP contribution in [0.4, 0.5) is 11.4 Å². The molecule has 0 aliphatic rings. The van der Waals surface area contributed by atoms with Crippen LogP contribution >= 0.6 is 0 Å². The molecule has 0 fully saturated rings. The van der Waals surface area contributed by atoms with Gasteiger partial charge in [0, 0.05) is 23.1 Å². The highest BCUT2D eigenvalue weighted by atomic mass is 14.9. The maximum atomic E-state index is 3.84. The molecule has 2 nitrogen and oxygen atoms in total. The summed E-state index contributed by atoms with van der Waals surface area (Å²) >= 11 is 0. The van der Waals surface area contributed by atoms with E-state index in [1.807, 2.05) is 6.92 Å². The second-order valence-corrected chi connectivity index (χ2v) is 4.87. The maximum Gasteiger partial charge on any atom is 0.0383 e. The first kappa shape index (κ1) is 14.6. The van der Waals surface area contributed by atoms with Gasteiger partial charge in [0.15, 0.2) is 0 Å². The summed E-state index contributed by atoms with van der Waals surface area (Å²) in [6.07, 6.45) is 4.98. The van der Waals surface area contributed by atoms with Crippen LogP contribution in [0.3, 0.4) is 0 Å². The molecule has 0 spiro atoms. The lowest BCUT2D eigenvalue weighted by molar-refractivity contribution is 0.593. The Bertz CT molecular complexity index is 354. The second kappa shape index (κ2) is 7.80. The Kier molecular flexibility index (Phi) is 6.34. The van der Waals surface area contributed by atoms with Crippen LogP contribution in [0.25, 0.3) is 0 Å². The molecule has 1 aromatic carbocycles. The first-order valence-corrected chi connectivity index (χ1v) is 6.94. The van der Waals surface area contributed by atoms with Gasteiger partial charge in [-0.05, 0) is 44.0 Å². The summed E-state index contributed by atoms with van der Waals surface area (Å²) in [6, 6.07) is 9.01. The fraction of sp³-hybridized carbons (Fsp3) is 0.500. The zero-order chi connectivity index (χ0) is 13.4. The number of hydrogen-bond donors (Lipinski definition) is 2. The predicted molar refractivity (Wildman–Crippen MR) is 82.1 cm³/mol. The Labute approximate surface area is 111 Å². The zero-order valence-electron chi connectivity index (χ0n) is 11.9. The Morgan fingerprint density at radius 3 is 2.28 bits per heavy atom. The maximum absolute atomic E-state index is 3.84. The predicted octanol–water partition coefficient (Wildman–Crippen LogP) is 5.01. The van der Waals surface area contributed by atoms with E-state index >= 15 is 0 Å². The molecule has 1 atom stereocenters. The number of unbranched alkanes of at least 4 members (excludes halogenated alkanes) is 1. The number of hydrogen-bond acceptors (Lipinski definition) is 2. The van der Waals surface area contributed by atoms with E-state index in [-0.39, 0.29) is 0 Å². The minimum absolute atomic E-state index is 0.588. The van der Waals surface area contributed by atoms with Gasteiger partial charge < -0.3 is 10.6 Å². The van der Waals surface area contributed by atoms with Crippen molar-refractivity contribution in [3.8, 4) is 0 Å². The summed E-state index contributed by atoms with van der Waals surface area (Å²) in [5.74, 6) is 0. The van der Waals surface area contributed by atoms with Gasteiger partial charge in [-0.3, -0.25) is 0 Å². The average Bonchev–Trinajstić information content (AvgIpc) is 2.36. The van der Waals surface area contributed by atoms with E-state index in [1.54, 1.807) is 0 Å². The lowest BCUT2D eigenvalue weighted by Gasteiger charge is -2.18. The van der Waals surface area contributed by atoms with Gasteiger partial charge in [-0.25, -0.2) is 0 Å². The molecule has 2 N–H and O–H groups in total. The molecule has 1 aromatic rings. The topological polar surface area (TPSA) is 24.1 Å². The molecule has 1 unspecified atom stereocenters. The Morgan fingerprint density at radius 1 is 1.17 bits per heavy atom. The fourth-order valence-corrected chi connectivity index (χ4v) is 1.96. The van der Waals surface area contributed by atoms with Gasteiger partial charge in [-0.15, -0.1) is 0 Å². The Morgan fingerprint density at radius 2 is 1.78 bits per heavy atom. The van der Waals surface area contributed by atoms with Crippen molar-refractivity contribution in [1.29, 1.82) is 0 Å². The highest BCUT2D eigenvalue weighted by Crippen LogP contribution is 2.17. The minimum atomic E-state index is 0.588.